The first-order valence-corrected chi connectivity index (χ1v) is 6.12. The van der Waals surface area contributed by atoms with Gasteiger partial charge in [0.05, 0.1) is 0 Å². The maximum atomic E-state index is 5.91. The Labute approximate surface area is 97.3 Å². The summed E-state index contributed by atoms with van der Waals surface area (Å²) in [5.74, 6) is 2.39. The van der Waals surface area contributed by atoms with E-state index in [0.717, 1.165) is 36.2 Å². The van der Waals surface area contributed by atoms with Crippen molar-refractivity contribution in [3.63, 3.8) is 0 Å². The van der Waals surface area contributed by atoms with Crippen LogP contribution in [-0.2, 0) is 0 Å². The van der Waals surface area contributed by atoms with E-state index in [2.05, 4.69) is 16.9 Å². The van der Waals surface area contributed by atoms with Crippen LogP contribution >= 0.6 is 0 Å². The van der Waals surface area contributed by atoms with Gasteiger partial charge in [0.2, 0.25) is 5.88 Å². The number of hydrogen-bond donors (Lipinski definition) is 0. The molecule has 0 spiro atoms. The summed E-state index contributed by atoms with van der Waals surface area (Å²) in [6.45, 7) is 6.20. The first-order chi connectivity index (χ1) is 7.63. The fourth-order valence-corrected chi connectivity index (χ4v) is 2.26. The van der Waals surface area contributed by atoms with Crippen molar-refractivity contribution in [3.05, 3.63) is 17.6 Å². The normalized spacial score (nSPS) is 25.4. The second kappa shape index (κ2) is 4.81. The molecule has 1 aromatic heterocycles. The minimum Gasteiger partial charge on any atom is -0.474 e. The Hall–Kier alpha value is -1.12. The van der Waals surface area contributed by atoms with Gasteiger partial charge in [0, 0.05) is 11.8 Å². The van der Waals surface area contributed by atoms with Crippen LogP contribution in [0.2, 0.25) is 0 Å². The van der Waals surface area contributed by atoms with Crippen LogP contribution < -0.4 is 4.74 Å². The van der Waals surface area contributed by atoms with Crippen LogP contribution in [0.25, 0.3) is 0 Å². The third-order valence-corrected chi connectivity index (χ3v) is 3.19. The Bertz CT molecular complexity index is 337. The molecule has 16 heavy (non-hydrogen) atoms. The third-order valence-electron chi connectivity index (χ3n) is 3.19. The van der Waals surface area contributed by atoms with Crippen molar-refractivity contribution >= 4 is 0 Å². The van der Waals surface area contributed by atoms with Gasteiger partial charge in [0.25, 0.3) is 0 Å². The van der Waals surface area contributed by atoms with Gasteiger partial charge in [-0.1, -0.05) is 6.92 Å². The SMILES string of the molecule is Cc1cc(OC2CCC(C)CC2)nc(C)n1. The Balaban J connectivity index is 1.98. The second-order valence-corrected chi connectivity index (χ2v) is 4.89. The average molecular weight is 220 g/mol. The molecule has 0 unspecified atom stereocenters. The van der Waals surface area contributed by atoms with E-state index in [0.29, 0.717) is 6.10 Å². The number of aromatic nitrogens is 2. The molecule has 0 saturated heterocycles. The minimum absolute atomic E-state index is 0.352. The molecule has 3 nitrogen and oxygen atoms in total. The molecule has 1 fully saturated rings. The Morgan fingerprint density at radius 1 is 1.12 bits per heavy atom. The number of ether oxygens (including phenoxy) is 1. The van der Waals surface area contributed by atoms with E-state index in [9.17, 15) is 0 Å². The summed E-state index contributed by atoms with van der Waals surface area (Å²) in [7, 11) is 0. The molecule has 0 aliphatic heterocycles. The van der Waals surface area contributed by atoms with Crippen molar-refractivity contribution in [2.75, 3.05) is 0 Å². The summed E-state index contributed by atoms with van der Waals surface area (Å²) in [4.78, 5) is 8.56. The van der Waals surface area contributed by atoms with E-state index in [1.54, 1.807) is 0 Å². The number of aryl methyl sites for hydroxylation is 2. The Morgan fingerprint density at radius 3 is 2.44 bits per heavy atom. The zero-order valence-electron chi connectivity index (χ0n) is 10.4. The van der Waals surface area contributed by atoms with E-state index in [1.807, 2.05) is 19.9 Å². The van der Waals surface area contributed by atoms with E-state index < -0.39 is 0 Å². The van der Waals surface area contributed by atoms with Crippen LogP contribution in [0.3, 0.4) is 0 Å². The van der Waals surface area contributed by atoms with E-state index in [4.69, 9.17) is 4.74 Å². The zero-order chi connectivity index (χ0) is 11.5. The monoisotopic (exact) mass is 220 g/mol. The van der Waals surface area contributed by atoms with Crippen LogP contribution in [0.5, 0.6) is 5.88 Å². The molecular weight excluding hydrogens is 200 g/mol. The zero-order valence-corrected chi connectivity index (χ0v) is 10.4. The van der Waals surface area contributed by atoms with Crippen molar-refractivity contribution in [2.24, 2.45) is 5.92 Å². The molecule has 0 N–H and O–H groups in total. The lowest BCUT2D eigenvalue weighted by molar-refractivity contribution is 0.129. The van der Waals surface area contributed by atoms with Crippen molar-refractivity contribution in [3.8, 4) is 5.88 Å². The summed E-state index contributed by atoms with van der Waals surface area (Å²) in [5, 5.41) is 0. The first kappa shape index (κ1) is 11.4. The largest absolute Gasteiger partial charge is 0.474 e. The second-order valence-electron chi connectivity index (χ2n) is 4.89. The molecule has 0 bridgehead atoms. The van der Waals surface area contributed by atoms with Gasteiger partial charge in [0.15, 0.2) is 0 Å². The first-order valence-electron chi connectivity index (χ1n) is 6.12. The van der Waals surface area contributed by atoms with E-state index >= 15 is 0 Å². The summed E-state index contributed by atoms with van der Waals surface area (Å²) in [6, 6.07) is 1.92. The lowest BCUT2D eigenvalue weighted by Gasteiger charge is -2.26. The third kappa shape index (κ3) is 2.94. The van der Waals surface area contributed by atoms with Gasteiger partial charge >= 0.3 is 0 Å². The predicted molar refractivity (Wildman–Crippen MR) is 63.6 cm³/mol. The molecule has 1 aliphatic rings. The molecular formula is C13H20N2O. The molecule has 0 radical (unpaired) electrons. The van der Waals surface area contributed by atoms with Gasteiger partial charge < -0.3 is 4.74 Å². The highest BCUT2D eigenvalue weighted by atomic mass is 16.5. The van der Waals surface area contributed by atoms with Crippen LogP contribution in [0, 0.1) is 19.8 Å². The summed E-state index contributed by atoms with van der Waals surface area (Å²) >= 11 is 0. The van der Waals surface area contributed by atoms with E-state index in [-0.39, 0.29) is 0 Å². The summed E-state index contributed by atoms with van der Waals surface area (Å²) in [5.41, 5.74) is 0.978. The maximum Gasteiger partial charge on any atom is 0.217 e. The molecule has 1 heterocycles. The van der Waals surface area contributed by atoms with Crippen LogP contribution in [-0.4, -0.2) is 16.1 Å². The van der Waals surface area contributed by atoms with Crippen LogP contribution in [0.15, 0.2) is 6.07 Å². The molecule has 2 rings (SSSR count). The van der Waals surface area contributed by atoms with Crippen molar-refractivity contribution in [1.29, 1.82) is 0 Å². The minimum atomic E-state index is 0.352. The van der Waals surface area contributed by atoms with Gasteiger partial charge in [-0.25, -0.2) is 4.98 Å². The molecule has 3 heteroatoms. The Kier molecular flexibility index (Phi) is 3.42. The fourth-order valence-electron chi connectivity index (χ4n) is 2.26. The number of hydrogen-bond acceptors (Lipinski definition) is 3. The van der Waals surface area contributed by atoms with Crippen molar-refractivity contribution < 1.29 is 4.74 Å². The lowest BCUT2D eigenvalue weighted by atomic mass is 9.89. The fraction of sp³-hybridized carbons (Fsp3) is 0.692. The molecule has 0 aromatic carbocycles. The summed E-state index contributed by atoms with van der Waals surface area (Å²) in [6.07, 6.45) is 5.21. The molecule has 0 amide bonds. The quantitative estimate of drug-likeness (QED) is 0.768. The lowest BCUT2D eigenvalue weighted by Crippen LogP contribution is -2.23. The molecule has 1 aromatic rings. The highest BCUT2D eigenvalue weighted by Gasteiger charge is 2.19. The smallest absolute Gasteiger partial charge is 0.217 e. The van der Waals surface area contributed by atoms with Crippen LogP contribution in [0.4, 0.5) is 0 Å². The molecule has 1 aliphatic carbocycles. The van der Waals surface area contributed by atoms with Crippen molar-refractivity contribution in [2.45, 2.75) is 52.6 Å². The standard InChI is InChI=1S/C13H20N2O/c1-9-4-6-12(7-5-9)16-13-8-10(2)14-11(3)15-13/h8-9,12H,4-7H2,1-3H3. The highest BCUT2D eigenvalue weighted by Crippen LogP contribution is 2.26. The van der Waals surface area contributed by atoms with Gasteiger partial charge in [0.1, 0.15) is 11.9 Å². The predicted octanol–water partition coefficient (Wildman–Crippen LogP) is 3.05. The molecule has 88 valence electrons. The van der Waals surface area contributed by atoms with E-state index in [1.165, 1.54) is 12.8 Å². The maximum absolute atomic E-state index is 5.91. The number of rotatable bonds is 2. The molecule has 0 atom stereocenters. The van der Waals surface area contributed by atoms with Gasteiger partial charge in [-0.3, -0.25) is 0 Å². The topological polar surface area (TPSA) is 35.0 Å². The molecule has 1 saturated carbocycles. The highest BCUT2D eigenvalue weighted by molar-refractivity contribution is 5.15. The summed E-state index contributed by atoms with van der Waals surface area (Å²) < 4.78 is 5.91. The van der Waals surface area contributed by atoms with Gasteiger partial charge in [-0.15, -0.1) is 0 Å². The Morgan fingerprint density at radius 2 is 1.81 bits per heavy atom. The average Bonchev–Trinajstić information content (AvgIpc) is 2.20. The van der Waals surface area contributed by atoms with Crippen molar-refractivity contribution in [1.82, 2.24) is 9.97 Å². The number of nitrogens with zero attached hydrogens (tertiary/aromatic N) is 2. The van der Waals surface area contributed by atoms with Gasteiger partial charge in [-0.05, 0) is 45.4 Å². The van der Waals surface area contributed by atoms with Crippen LogP contribution in [0.1, 0.15) is 44.1 Å². The van der Waals surface area contributed by atoms with Gasteiger partial charge in [-0.2, -0.15) is 4.98 Å².